The van der Waals surface area contributed by atoms with Gasteiger partial charge >= 0.3 is 5.97 Å². The molecule has 6 heteroatoms. The number of nitrogens with zero attached hydrogens (tertiary/aromatic N) is 2. The minimum Gasteiger partial charge on any atom is -0.461 e. The number of hydrogen-bond donors (Lipinski definition) is 0. The van der Waals surface area contributed by atoms with Gasteiger partial charge in [0.25, 0.3) is 0 Å². The van der Waals surface area contributed by atoms with Crippen LogP contribution in [-0.4, -0.2) is 46.8 Å². The first kappa shape index (κ1) is 20.7. The smallest absolute Gasteiger partial charge is 0.355 e. The van der Waals surface area contributed by atoms with Crippen LogP contribution < -0.4 is 0 Å². The number of carbonyl (C=O) groups is 3. The molecule has 0 bridgehead atoms. The number of carbonyl (C=O) groups excluding carboxylic acids is 3. The van der Waals surface area contributed by atoms with Gasteiger partial charge in [-0.2, -0.15) is 0 Å². The van der Waals surface area contributed by atoms with E-state index in [9.17, 15) is 14.4 Å². The van der Waals surface area contributed by atoms with Gasteiger partial charge in [0, 0.05) is 30.8 Å². The zero-order valence-corrected chi connectivity index (χ0v) is 16.0. The van der Waals surface area contributed by atoms with Crippen LogP contribution >= 0.6 is 0 Å². The molecule has 1 amide bonds. The molecule has 0 saturated carbocycles. The van der Waals surface area contributed by atoms with Crippen molar-refractivity contribution in [3.63, 3.8) is 0 Å². The lowest BCUT2D eigenvalue weighted by Crippen LogP contribution is -2.38. The third-order valence-electron chi connectivity index (χ3n) is 4.17. The van der Waals surface area contributed by atoms with Gasteiger partial charge in [0.15, 0.2) is 5.78 Å². The maximum absolute atomic E-state index is 12.9. The van der Waals surface area contributed by atoms with Crippen molar-refractivity contribution in [1.82, 2.24) is 9.47 Å². The number of rotatable bonds is 8. The van der Waals surface area contributed by atoms with E-state index in [1.807, 2.05) is 0 Å². The molecule has 138 valence electrons. The normalized spacial score (nSPS) is 10.7. The first-order valence-corrected chi connectivity index (χ1v) is 8.43. The minimum atomic E-state index is -0.453. The molecule has 0 aliphatic rings. The van der Waals surface area contributed by atoms with Crippen LogP contribution in [0.2, 0.25) is 0 Å². The summed E-state index contributed by atoms with van der Waals surface area (Å²) < 4.78 is 6.75. The summed E-state index contributed by atoms with van der Waals surface area (Å²) in [6.07, 6.45) is 1.60. The van der Waals surface area contributed by atoms with Crippen LogP contribution in [0, 0.1) is 19.8 Å². The standard InChI is InChI=1S/C19H28N2O4/c1-8-10-21(18(23)12(3)4)11-15(22)16-13(5)17(19(24)25-9-2)20(7)14(16)6/h8,12H,1,9-11H2,2-7H3. The zero-order valence-electron chi connectivity index (χ0n) is 16.0. The molecule has 1 rings (SSSR count). The maximum atomic E-state index is 12.9. The SMILES string of the molecule is C=CCN(CC(=O)c1c(C)c(C(=O)OCC)n(C)c1C)C(=O)C(C)C. The molecule has 0 aromatic carbocycles. The van der Waals surface area contributed by atoms with Crippen molar-refractivity contribution in [2.45, 2.75) is 34.6 Å². The van der Waals surface area contributed by atoms with Gasteiger partial charge in [-0.25, -0.2) is 4.79 Å². The number of hydrogen-bond acceptors (Lipinski definition) is 4. The Morgan fingerprint density at radius 3 is 2.36 bits per heavy atom. The molecular formula is C19H28N2O4. The predicted octanol–water partition coefficient (Wildman–Crippen LogP) is 2.67. The molecule has 6 nitrogen and oxygen atoms in total. The first-order chi connectivity index (χ1) is 11.7. The van der Waals surface area contributed by atoms with Gasteiger partial charge in [-0.05, 0) is 26.3 Å². The summed E-state index contributed by atoms with van der Waals surface area (Å²) >= 11 is 0. The van der Waals surface area contributed by atoms with Crippen molar-refractivity contribution in [1.29, 1.82) is 0 Å². The van der Waals surface area contributed by atoms with Crippen LogP contribution in [0.25, 0.3) is 0 Å². The number of ketones is 1. The molecule has 0 atom stereocenters. The lowest BCUT2D eigenvalue weighted by molar-refractivity contribution is -0.133. The molecule has 0 fully saturated rings. The van der Waals surface area contributed by atoms with Gasteiger partial charge in [0.2, 0.25) is 5.91 Å². The summed E-state index contributed by atoms with van der Waals surface area (Å²) in [4.78, 5) is 38.8. The molecule has 25 heavy (non-hydrogen) atoms. The van der Waals surface area contributed by atoms with Crippen molar-refractivity contribution >= 4 is 17.7 Å². The average molecular weight is 348 g/mol. The summed E-state index contributed by atoms with van der Waals surface area (Å²) in [5.41, 5.74) is 2.10. The van der Waals surface area contributed by atoms with Crippen molar-refractivity contribution in [3.8, 4) is 0 Å². The van der Waals surface area contributed by atoms with E-state index in [1.165, 1.54) is 4.90 Å². The van der Waals surface area contributed by atoms with Gasteiger partial charge in [-0.1, -0.05) is 19.9 Å². The molecule has 0 aliphatic carbocycles. The van der Waals surface area contributed by atoms with Gasteiger partial charge < -0.3 is 14.2 Å². The van der Waals surface area contributed by atoms with E-state index in [0.717, 1.165) is 0 Å². The molecule has 0 aliphatic heterocycles. The molecule has 1 aromatic rings. The molecule has 0 radical (unpaired) electrons. The molecule has 1 heterocycles. The summed E-state index contributed by atoms with van der Waals surface area (Å²) in [6, 6.07) is 0. The van der Waals surface area contributed by atoms with Crippen molar-refractivity contribution in [2.75, 3.05) is 19.7 Å². The highest BCUT2D eigenvalue weighted by Crippen LogP contribution is 2.23. The summed E-state index contributed by atoms with van der Waals surface area (Å²) in [5, 5.41) is 0. The monoisotopic (exact) mass is 348 g/mol. The third kappa shape index (κ3) is 4.38. The van der Waals surface area contributed by atoms with E-state index in [4.69, 9.17) is 4.74 Å². The topological polar surface area (TPSA) is 68.6 Å². The fourth-order valence-electron chi connectivity index (χ4n) is 2.88. The average Bonchev–Trinajstić information content (AvgIpc) is 2.76. The largest absolute Gasteiger partial charge is 0.461 e. The predicted molar refractivity (Wildman–Crippen MR) is 96.8 cm³/mol. The van der Waals surface area contributed by atoms with Crippen LogP contribution in [0.4, 0.5) is 0 Å². The fraction of sp³-hybridized carbons (Fsp3) is 0.526. The Morgan fingerprint density at radius 1 is 1.28 bits per heavy atom. The Hall–Kier alpha value is -2.37. The van der Waals surface area contributed by atoms with E-state index in [0.29, 0.717) is 29.1 Å². The quantitative estimate of drug-likeness (QED) is 0.411. The van der Waals surface area contributed by atoms with E-state index >= 15 is 0 Å². The van der Waals surface area contributed by atoms with E-state index < -0.39 is 5.97 Å². The summed E-state index contributed by atoms with van der Waals surface area (Å²) in [5.74, 6) is -0.964. The second-order valence-corrected chi connectivity index (χ2v) is 6.30. The maximum Gasteiger partial charge on any atom is 0.355 e. The van der Waals surface area contributed by atoms with Gasteiger partial charge in [-0.15, -0.1) is 6.58 Å². The van der Waals surface area contributed by atoms with Crippen LogP contribution in [-0.2, 0) is 16.6 Å². The highest BCUT2D eigenvalue weighted by molar-refractivity contribution is 6.04. The summed E-state index contributed by atoms with van der Waals surface area (Å²) in [6.45, 7) is 13.0. The lowest BCUT2D eigenvalue weighted by atomic mass is 10.0. The van der Waals surface area contributed by atoms with Crippen LogP contribution in [0.3, 0.4) is 0 Å². The molecular weight excluding hydrogens is 320 g/mol. The van der Waals surface area contributed by atoms with Crippen LogP contribution in [0.5, 0.6) is 0 Å². The molecule has 0 saturated heterocycles. The van der Waals surface area contributed by atoms with E-state index in [2.05, 4.69) is 6.58 Å². The van der Waals surface area contributed by atoms with Gasteiger partial charge in [-0.3, -0.25) is 9.59 Å². The number of amides is 1. The second-order valence-electron chi connectivity index (χ2n) is 6.30. The Kier molecular flexibility index (Phi) is 7.15. The number of Topliss-reactive ketones (excluding diaryl/α,β-unsaturated/α-hetero) is 1. The molecule has 1 aromatic heterocycles. The Morgan fingerprint density at radius 2 is 1.88 bits per heavy atom. The number of ether oxygens (including phenoxy) is 1. The van der Waals surface area contributed by atoms with Gasteiger partial charge in [0.05, 0.1) is 13.2 Å². The van der Waals surface area contributed by atoms with Crippen molar-refractivity contribution < 1.29 is 19.1 Å². The van der Waals surface area contributed by atoms with E-state index in [1.54, 1.807) is 52.3 Å². The van der Waals surface area contributed by atoms with E-state index in [-0.39, 0.29) is 30.8 Å². The second kappa shape index (κ2) is 8.65. The first-order valence-electron chi connectivity index (χ1n) is 8.43. The Bertz CT molecular complexity index is 686. The zero-order chi connectivity index (χ0) is 19.3. The highest BCUT2D eigenvalue weighted by Gasteiger charge is 2.27. The van der Waals surface area contributed by atoms with Gasteiger partial charge in [0.1, 0.15) is 5.69 Å². The Balaban J connectivity index is 3.21. The third-order valence-corrected chi connectivity index (χ3v) is 4.17. The highest BCUT2D eigenvalue weighted by atomic mass is 16.5. The van der Waals surface area contributed by atoms with Crippen molar-refractivity contribution in [3.05, 3.63) is 35.2 Å². The fourth-order valence-corrected chi connectivity index (χ4v) is 2.88. The van der Waals surface area contributed by atoms with Crippen molar-refractivity contribution in [2.24, 2.45) is 13.0 Å². The van der Waals surface area contributed by atoms with Crippen LogP contribution in [0.1, 0.15) is 52.9 Å². The number of esters is 1. The molecule has 0 N–H and O–H groups in total. The van der Waals surface area contributed by atoms with Crippen LogP contribution in [0.15, 0.2) is 12.7 Å². The summed E-state index contributed by atoms with van der Waals surface area (Å²) in [7, 11) is 1.73. The lowest BCUT2D eigenvalue weighted by Gasteiger charge is -2.22. The number of aromatic nitrogens is 1. The minimum absolute atomic E-state index is 0.0447. The molecule has 0 unspecified atom stereocenters. The Labute approximate surface area is 149 Å². The molecule has 0 spiro atoms.